The summed E-state index contributed by atoms with van der Waals surface area (Å²) >= 11 is 0. The number of rotatable bonds is 9. The lowest BCUT2D eigenvalue weighted by atomic mass is 9.96. The number of hydrogen-bond donors (Lipinski definition) is 2. The Bertz CT molecular complexity index is 1070. The van der Waals surface area contributed by atoms with Gasteiger partial charge < -0.3 is 20.1 Å². The van der Waals surface area contributed by atoms with E-state index >= 15 is 0 Å². The van der Waals surface area contributed by atoms with Crippen LogP contribution in [0.2, 0.25) is 0 Å². The number of aliphatic hydroxyl groups is 1. The fraction of sp³-hybridized carbons (Fsp3) is 0.519. The maximum atomic E-state index is 13.0. The lowest BCUT2D eigenvalue weighted by molar-refractivity contribution is -0.137. The van der Waals surface area contributed by atoms with Gasteiger partial charge in [0.25, 0.3) is 5.91 Å². The highest BCUT2D eigenvalue weighted by Gasteiger charge is 2.47. The van der Waals surface area contributed by atoms with Gasteiger partial charge in [-0.05, 0) is 74.2 Å². The summed E-state index contributed by atoms with van der Waals surface area (Å²) < 4.78 is 44.5. The average Bonchev–Trinajstić information content (AvgIpc) is 3.46. The second kappa shape index (κ2) is 10.8. The molecule has 2 saturated heterocycles. The predicted molar refractivity (Wildman–Crippen MR) is 131 cm³/mol. The fourth-order valence-corrected chi connectivity index (χ4v) is 5.43. The van der Waals surface area contributed by atoms with Gasteiger partial charge in [0.2, 0.25) is 0 Å². The summed E-state index contributed by atoms with van der Waals surface area (Å²) in [5, 5.41) is 11.9. The first-order valence-electron chi connectivity index (χ1n) is 12.4. The van der Waals surface area contributed by atoms with Crippen LogP contribution in [0.5, 0.6) is 5.75 Å². The number of aliphatic hydroxyl groups excluding tert-OH is 1. The molecule has 2 aromatic carbocycles. The smallest absolute Gasteiger partial charge is 0.416 e. The number of carbonyl (C=O) groups excluding carboxylic acids is 1. The minimum atomic E-state index is -4.41. The van der Waals surface area contributed by atoms with E-state index in [9.17, 15) is 18.0 Å². The molecular weight excluding hydrogens is 471 g/mol. The van der Waals surface area contributed by atoms with Crippen LogP contribution in [0.4, 0.5) is 13.2 Å². The van der Waals surface area contributed by atoms with Crippen molar-refractivity contribution in [3.8, 4) is 5.75 Å². The molecule has 9 heteroatoms. The Morgan fingerprint density at radius 3 is 2.42 bits per heavy atom. The van der Waals surface area contributed by atoms with Gasteiger partial charge in [0.1, 0.15) is 12.4 Å². The van der Waals surface area contributed by atoms with Crippen molar-refractivity contribution < 1.29 is 27.8 Å². The Morgan fingerprint density at radius 1 is 1.08 bits per heavy atom. The van der Waals surface area contributed by atoms with Gasteiger partial charge in [-0.2, -0.15) is 13.2 Å². The summed E-state index contributed by atoms with van der Waals surface area (Å²) in [6.07, 6.45) is -3.54. The van der Waals surface area contributed by atoms with Crippen molar-refractivity contribution in [1.82, 2.24) is 15.1 Å². The van der Waals surface area contributed by atoms with Gasteiger partial charge >= 0.3 is 6.18 Å². The van der Waals surface area contributed by atoms with Gasteiger partial charge in [-0.1, -0.05) is 6.07 Å². The lowest BCUT2D eigenvalue weighted by Crippen LogP contribution is -2.49. The Kier molecular flexibility index (Phi) is 7.92. The molecule has 2 fully saturated rings. The standard InChI is InChI=1S/C27H34F3N3O3/c1-17-18(2)25(36-13-11-31-10-12-34)9-8-24(17)19(3)32-15-23-14-22(32)16-33(23)26(35)20-4-6-21(7-5-20)27(28,29)30/h4-9,19,22-23,31,34H,10-16H2,1-3H3/t19-,22+,23+/m0/s1. The topological polar surface area (TPSA) is 65.0 Å². The first kappa shape index (κ1) is 26.4. The van der Waals surface area contributed by atoms with Crippen LogP contribution in [-0.4, -0.2) is 72.3 Å². The second-order valence-corrected chi connectivity index (χ2v) is 9.67. The SMILES string of the molecule is Cc1c(OCCNCCO)ccc([C@H](C)N2C[C@H]3C[C@@H]2CN3C(=O)c2ccc(C(F)(F)F)cc2)c1C. The molecule has 2 aliphatic rings. The zero-order valence-corrected chi connectivity index (χ0v) is 20.9. The molecule has 0 radical (unpaired) electrons. The highest BCUT2D eigenvalue weighted by molar-refractivity contribution is 5.94. The molecule has 0 aliphatic carbocycles. The number of carbonyl (C=O) groups is 1. The molecule has 0 spiro atoms. The van der Waals surface area contributed by atoms with Crippen molar-refractivity contribution in [3.05, 3.63) is 64.2 Å². The van der Waals surface area contributed by atoms with E-state index in [4.69, 9.17) is 9.84 Å². The van der Waals surface area contributed by atoms with Crippen LogP contribution in [-0.2, 0) is 6.18 Å². The van der Waals surface area contributed by atoms with Crippen LogP contribution in [0.3, 0.4) is 0 Å². The molecule has 2 heterocycles. The first-order valence-corrected chi connectivity index (χ1v) is 12.4. The molecule has 0 unspecified atom stereocenters. The van der Waals surface area contributed by atoms with Crippen LogP contribution in [0, 0.1) is 13.8 Å². The molecule has 196 valence electrons. The molecule has 2 bridgehead atoms. The number of ether oxygens (including phenoxy) is 1. The number of alkyl halides is 3. The number of amides is 1. The number of halogens is 3. The first-order chi connectivity index (χ1) is 17.1. The second-order valence-electron chi connectivity index (χ2n) is 9.67. The van der Waals surface area contributed by atoms with Gasteiger partial charge in [0, 0.05) is 49.9 Å². The van der Waals surface area contributed by atoms with E-state index in [1.807, 2.05) is 11.0 Å². The van der Waals surface area contributed by atoms with E-state index in [1.54, 1.807) is 0 Å². The number of likely N-dealkylation sites (tertiary alicyclic amines) is 2. The van der Waals surface area contributed by atoms with Crippen LogP contribution in [0.15, 0.2) is 36.4 Å². The molecule has 3 atom stereocenters. The fourth-order valence-electron chi connectivity index (χ4n) is 5.43. The minimum Gasteiger partial charge on any atom is -0.492 e. The van der Waals surface area contributed by atoms with Gasteiger partial charge in [0.15, 0.2) is 0 Å². The highest BCUT2D eigenvalue weighted by atomic mass is 19.4. The van der Waals surface area contributed by atoms with Crippen LogP contribution in [0.25, 0.3) is 0 Å². The zero-order valence-electron chi connectivity index (χ0n) is 20.9. The van der Waals surface area contributed by atoms with Crippen molar-refractivity contribution in [2.75, 3.05) is 39.4 Å². The van der Waals surface area contributed by atoms with Crippen molar-refractivity contribution in [1.29, 1.82) is 0 Å². The van der Waals surface area contributed by atoms with Crippen LogP contribution in [0.1, 0.15) is 52.0 Å². The van der Waals surface area contributed by atoms with Crippen molar-refractivity contribution in [3.63, 3.8) is 0 Å². The quantitative estimate of drug-likeness (QED) is 0.506. The molecule has 1 amide bonds. The monoisotopic (exact) mass is 505 g/mol. The number of nitrogens with zero attached hydrogens (tertiary/aromatic N) is 2. The normalized spacial score (nSPS) is 20.7. The number of hydrogen-bond acceptors (Lipinski definition) is 5. The van der Waals surface area contributed by atoms with E-state index in [1.165, 1.54) is 23.3 Å². The minimum absolute atomic E-state index is 0.0580. The molecule has 6 nitrogen and oxygen atoms in total. The van der Waals surface area contributed by atoms with Crippen molar-refractivity contribution >= 4 is 5.91 Å². The summed E-state index contributed by atoms with van der Waals surface area (Å²) in [6.45, 7) is 9.50. The number of piperazine rings is 1. The molecular formula is C27H34F3N3O3. The van der Waals surface area contributed by atoms with Gasteiger partial charge in [-0.15, -0.1) is 0 Å². The van der Waals surface area contributed by atoms with Crippen LogP contribution >= 0.6 is 0 Å². The van der Waals surface area contributed by atoms with E-state index < -0.39 is 11.7 Å². The third-order valence-corrected chi connectivity index (χ3v) is 7.55. The maximum absolute atomic E-state index is 13.0. The highest BCUT2D eigenvalue weighted by Crippen LogP contribution is 2.39. The summed E-state index contributed by atoms with van der Waals surface area (Å²) in [5.74, 6) is 0.649. The Labute approximate surface area is 210 Å². The summed E-state index contributed by atoms with van der Waals surface area (Å²) in [5.41, 5.74) is 3.06. The third-order valence-electron chi connectivity index (χ3n) is 7.55. The molecule has 2 aliphatic heterocycles. The molecule has 4 rings (SSSR count). The summed E-state index contributed by atoms with van der Waals surface area (Å²) in [4.78, 5) is 17.3. The van der Waals surface area contributed by atoms with E-state index in [-0.39, 0.29) is 30.6 Å². The Morgan fingerprint density at radius 2 is 1.81 bits per heavy atom. The third kappa shape index (κ3) is 5.38. The molecule has 36 heavy (non-hydrogen) atoms. The largest absolute Gasteiger partial charge is 0.492 e. The zero-order chi connectivity index (χ0) is 26.0. The van der Waals surface area contributed by atoms with E-state index in [0.717, 1.165) is 36.4 Å². The number of fused-ring (bicyclic) bond motifs is 2. The molecule has 2 aromatic rings. The summed E-state index contributed by atoms with van der Waals surface area (Å²) in [6, 6.07) is 9.06. The molecule has 0 aromatic heterocycles. The average molecular weight is 506 g/mol. The van der Waals surface area contributed by atoms with E-state index in [0.29, 0.717) is 31.8 Å². The molecule has 0 saturated carbocycles. The van der Waals surface area contributed by atoms with Gasteiger partial charge in [0.05, 0.1) is 12.2 Å². The number of benzene rings is 2. The lowest BCUT2D eigenvalue weighted by Gasteiger charge is -2.38. The Balaban J connectivity index is 1.38. The summed E-state index contributed by atoms with van der Waals surface area (Å²) in [7, 11) is 0. The van der Waals surface area contributed by atoms with Crippen molar-refractivity contribution in [2.45, 2.75) is 51.5 Å². The maximum Gasteiger partial charge on any atom is 0.416 e. The molecule has 2 N–H and O–H groups in total. The number of nitrogens with one attached hydrogen (secondary N) is 1. The Hall–Kier alpha value is -2.62. The van der Waals surface area contributed by atoms with Crippen molar-refractivity contribution in [2.24, 2.45) is 0 Å². The van der Waals surface area contributed by atoms with Crippen LogP contribution < -0.4 is 10.1 Å². The van der Waals surface area contributed by atoms with Gasteiger partial charge in [-0.3, -0.25) is 9.69 Å². The van der Waals surface area contributed by atoms with Gasteiger partial charge in [-0.25, -0.2) is 0 Å². The van der Waals surface area contributed by atoms with E-state index in [2.05, 4.69) is 37.1 Å². The predicted octanol–water partition coefficient (Wildman–Crippen LogP) is 3.94.